The molecule has 0 aliphatic carbocycles. The first kappa shape index (κ1) is 13.5. The molecular formula is C16H11ClO4. The summed E-state index contributed by atoms with van der Waals surface area (Å²) in [6, 6.07) is 11.9. The fourth-order valence-electron chi connectivity index (χ4n) is 1.93. The number of methoxy groups -OCH3 is 1. The van der Waals surface area contributed by atoms with E-state index in [2.05, 4.69) is 0 Å². The Labute approximate surface area is 125 Å². The first-order chi connectivity index (χ1) is 10.2. The molecule has 0 radical (unpaired) electrons. The molecule has 0 aliphatic rings. The van der Waals surface area contributed by atoms with Gasteiger partial charge in [-0.2, -0.15) is 0 Å². The van der Waals surface area contributed by atoms with Crippen LogP contribution in [-0.2, 0) is 0 Å². The van der Waals surface area contributed by atoms with Crippen LogP contribution in [0.4, 0.5) is 0 Å². The van der Waals surface area contributed by atoms with Crippen LogP contribution in [0, 0.1) is 0 Å². The molecule has 0 saturated carbocycles. The van der Waals surface area contributed by atoms with Crippen molar-refractivity contribution in [3.05, 3.63) is 64.0 Å². The maximum atomic E-state index is 12.4. The Bertz CT molecular complexity index is 854. The van der Waals surface area contributed by atoms with E-state index in [1.54, 1.807) is 49.6 Å². The number of rotatable bonds is 3. The molecule has 0 unspecified atom stereocenters. The van der Waals surface area contributed by atoms with Crippen LogP contribution in [0.2, 0.25) is 5.02 Å². The lowest BCUT2D eigenvalue weighted by molar-refractivity contribution is 0.413. The highest BCUT2D eigenvalue weighted by molar-refractivity contribution is 6.32. The number of fused-ring (bicyclic) bond motifs is 1. The van der Waals surface area contributed by atoms with Crippen LogP contribution in [0.5, 0.6) is 17.2 Å². The van der Waals surface area contributed by atoms with Crippen LogP contribution in [0.25, 0.3) is 11.0 Å². The predicted octanol–water partition coefficient (Wildman–Crippen LogP) is 4.25. The Balaban J connectivity index is 2.07. The summed E-state index contributed by atoms with van der Waals surface area (Å²) in [6.07, 6.45) is 1.27. The highest BCUT2D eigenvalue weighted by Crippen LogP contribution is 2.28. The number of para-hydroxylation sites is 1. The molecule has 0 bridgehead atoms. The smallest absolute Gasteiger partial charge is 0.235 e. The standard InChI is InChI=1S/C16H11ClO4/c1-19-10-6-7-11-14(8-10)20-9-15(16(11)18)21-13-5-3-2-4-12(13)17/h2-9H,1H3. The molecule has 0 amide bonds. The second-order valence-corrected chi connectivity index (χ2v) is 4.73. The quantitative estimate of drug-likeness (QED) is 0.726. The number of hydrogen-bond acceptors (Lipinski definition) is 4. The SMILES string of the molecule is COc1ccc2c(=O)c(Oc3ccccc3Cl)coc2c1. The fraction of sp³-hybridized carbons (Fsp3) is 0.0625. The second-order valence-electron chi connectivity index (χ2n) is 4.32. The summed E-state index contributed by atoms with van der Waals surface area (Å²) in [5.74, 6) is 1.10. The van der Waals surface area contributed by atoms with Gasteiger partial charge in [-0.1, -0.05) is 23.7 Å². The zero-order valence-corrected chi connectivity index (χ0v) is 11.9. The molecule has 2 aromatic carbocycles. The van der Waals surface area contributed by atoms with E-state index < -0.39 is 0 Å². The third-order valence-electron chi connectivity index (χ3n) is 3.01. The van der Waals surface area contributed by atoms with Crippen LogP contribution in [0.15, 0.2) is 57.9 Å². The normalized spacial score (nSPS) is 10.6. The molecule has 3 aromatic rings. The van der Waals surface area contributed by atoms with Crippen LogP contribution < -0.4 is 14.9 Å². The van der Waals surface area contributed by atoms with Crippen molar-refractivity contribution in [2.24, 2.45) is 0 Å². The molecule has 3 rings (SSSR count). The predicted molar refractivity (Wildman–Crippen MR) is 80.6 cm³/mol. The Morgan fingerprint density at radius 3 is 2.67 bits per heavy atom. The van der Waals surface area contributed by atoms with Crippen LogP contribution in [0.1, 0.15) is 0 Å². The lowest BCUT2D eigenvalue weighted by atomic mass is 10.2. The second kappa shape index (κ2) is 5.50. The summed E-state index contributed by atoms with van der Waals surface area (Å²) in [5.41, 5.74) is 0.171. The average Bonchev–Trinajstić information content (AvgIpc) is 2.51. The van der Waals surface area contributed by atoms with E-state index >= 15 is 0 Å². The van der Waals surface area contributed by atoms with E-state index in [1.165, 1.54) is 6.26 Å². The van der Waals surface area contributed by atoms with Gasteiger partial charge in [-0.05, 0) is 24.3 Å². The molecule has 1 aromatic heterocycles. The van der Waals surface area contributed by atoms with Crippen molar-refractivity contribution in [3.63, 3.8) is 0 Å². The van der Waals surface area contributed by atoms with Crippen molar-refractivity contribution in [1.29, 1.82) is 0 Å². The minimum atomic E-state index is -0.265. The molecule has 0 spiro atoms. The van der Waals surface area contributed by atoms with E-state index in [0.717, 1.165) is 0 Å². The number of benzene rings is 2. The number of ether oxygens (including phenoxy) is 2. The van der Waals surface area contributed by atoms with E-state index in [0.29, 0.717) is 27.5 Å². The van der Waals surface area contributed by atoms with Gasteiger partial charge in [-0.25, -0.2) is 0 Å². The largest absolute Gasteiger partial charge is 0.497 e. The summed E-state index contributed by atoms with van der Waals surface area (Å²) < 4.78 is 16.1. The maximum Gasteiger partial charge on any atom is 0.235 e. The lowest BCUT2D eigenvalue weighted by Gasteiger charge is -2.07. The summed E-state index contributed by atoms with van der Waals surface area (Å²) >= 11 is 6.01. The van der Waals surface area contributed by atoms with Crippen LogP contribution in [-0.4, -0.2) is 7.11 Å². The van der Waals surface area contributed by atoms with Gasteiger partial charge in [0.15, 0.2) is 0 Å². The Hall–Kier alpha value is -2.46. The summed E-state index contributed by atoms with van der Waals surface area (Å²) in [5, 5.41) is 0.840. The molecule has 0 saturated heterocycles. The molecule has 4 nitrogen and oxygen atoms in total. The first-order valence-electron chi connectivity index (χ1n) is 6.21. The summed E-state index contributed by atoms with van der Waals surface area (Å²) in [4.78, 5) is 12.4. The van der Waals surface area contributed by atoms with E-state index in [1.807, 2.05) is 0 Å². The molecule has 0 N–H and O–H groups in total. The monoisotopic (exact) mass is 302 g/mol. The lowest BCUT2D eigenvalue weighted by Crippen LogP contribution is -2.05. The highest BCUT2D eigenvalue weighted by Gasteiger charge is 2.11. The van der Waals surface area contributed by atoms with Crippen molar-refractivity contribution in [2.45, 2.75) is 0 Å². The van der Waals surface area contributed by atoms with Gasteiger partial charge < -0.3 is 13.9 Å². The molecule has 0 fully saturated rings. The van der Waals surface area contributed by atoms with Gasteiger partial charge in [0.05, 0.1) is 17.5 Å². The highest BCUT2D eigenvalue weighted by atomic mass is 35.5. The van der Waals surface area contributed by atoms with Crippen LogP contribution >= 0.6 is 11.6 Å². The topological polar surface area (TPSA) is 48.7 Å². The zero-order valence-electron chi connectivity index (χ0n) is 11.1. The average molecular weight is 303 g/mol. The maximum absolute atomic E-state index is 12.4. The third-order valence-corrected chi connectivity index (χ3v) is 3.32. The van der Waals surface area contributed by atoms with Crippen molar-refractivity contribution in [1.82, 2.24) is 0 Å². The minimum Gasteiger partial charge on any atom is -0.497 e. The van der Waals surface area contributed by atoms with Gasteiger partial charge >= 0.3 is 0 Å². The van der Waals surface area contributed by atoms with Crippen molar-refractivity contribution in [2.75, 3.05) is 7.11 Å². The Morgan fingerprint density at radius 2 is 1.90 bits per heavy atom. The van der Waals surface area contributed by atoms with Crippen molar-refractivity contribution < 1.29 is 13.9 Å². The molecular weight excluding hydrogens is 292 g/mol. The molecule has 0 atom stereocenters. The van der Waals surface area contributed by atoms with Crippen molar-refractivity contribution in [3.8, 4) is 17.2 Å². The molecule has 0 aliphatic heterocycles. The molecule has 106 valence electrons. The van der Waals surface area contributed by atoms with E-state index in [-0.39, 0.29) is 11.2 Å². The van der Waals surface area contributed by atoms with E-state index in [4.69, 9.17) is 25.5 Å². The van der Waals surface area contributed by atoms with Gasteiger partial charge in [0, 0.05) is 6.07 Å². The summed E-state index contributed by atoms with van der Waals surface area (Å²) in [7, 11) is 1.55. The zero-order chi connectivity index (χ0) is 14.8. The molecule has 5 heteroatoms. The van der Waals surface area contributed by atoms with Gasteiger partial charge in [-0.3, -0.25) is 4.79 Å². The minimum absolute atomic E-state index is 0.0840. The van der Waals surface area contributed by atoms with Crippen molar-refractivity contribution >= 4 is 22.6 Å². The van der Waals surface area contributed by atoms with Gasteiger partial charge in [-0.15, -0.1) is 0 Å². The van der Waals surface area contributed by atoms with Gasteiger partial charge in [0.1, 0.15) is 23.3 Å². The first-order valence-corrected chi connectivity index (χ1v) is 6.59. The Kier molecular flexibility index (Phi) is 3.54. The summed E-state index contributed by atoms with van der Waals surface area (Å²) in [6.45, 7) is 0. The van der Waals surface area contributed by atoms with Gasteiger partial charge in [0.25, 0.3) is 0 Å². The van der Waals surface area contributed by atoms with Crippen LogP contribution in [0.3, 0.4) is 0 Å². The number of hydrogen-bond donors (Lipinski definition) is 0. The Morgan fingerprint density at radius 1 is 1.10 bits per heavy atom. The molecule has 21 heavy (non-hydrogen) atoms. The number of halogens is 1. The van der Waals surface area contributed by atoms with E-state index in [9.17, 15) is 4.79 Å². The molecule has 1 heterocycles. The van der Waals surface area contributed by atoms with Gasteiger partial charge in [0.2, 0.25) is 11.2 Å². The third kappa shape index (κ3) is 2.58. The fourth-order valence-corrected chi connectivity index (χ4v) is 2.11.